The fourth-order valence-corrected chi connectivity index (χ4v) is 3.71. The van der Waals surface area contributed by atoms with Gasteiger partial charge in [-0.15, -0.1) is 0 Å². The smallest absolute Gasteiger partial charge is 0.251 e. The number of benzene rings is 1. The monoisotopic (exact) mass is 352 g/mol. The van der Waals surface area contributed by atoms with Gasteiger partial charge in [0, 0.05) is 24.5 Å². The third kappa shape index (κ3) is 5.07. The highest BCUT2D eigenvalue weighted by molar-refractivity contribution is 5.93. The van der Waals surface area contributed by atoms with Crippen LogP contribution in [0, 0.1) is 18.8 Å². The van der Waals surface area contributed by atoms with Crippen molar-refractivity contribution >= 4 is 5.91 Å². The van der Waals surface area contributed by atoms with E-state index in [1.165, 1.54) is 18.4 Å². The van der Waals surface area contributed by atoms with E-state index >= 15 is 0 Å². The second-order valence-electron chi connectivity index (χ2n) is 7.41. The van der Waals surface area contributed by atoms with Gasteiger partial charge >= 0.3 is 0 Å². The average molecular weight is 352 g/mol. The summed E-state index contributed by atoms with van der Waals surface area (Å²) in [6.07, 6.45) is 8.12. The summed E-state index contributed by atoms with van der Waals surface area (Å²) in [6, 6.07) is 11.8. The fourth-order valence-electron chi connectivity index (χ4n) is 3.71. The molecule has 2 aromatic rings. The summed E-state index contributed by atoms with van der Waals surface area (Å²) in [7, 11) is 0. The van der Waals surface area contributed by atoms with Gasteiger partial charge in [-0.05, 0) is 74.3 Å². The molecule has 4 nitrogen and oxygen atoms in total. The molecule has 0 spiro atoms. The molecule has 1 aromatic carbocycles. The number of pyridine rings is 1. The first-order valence-electron chi connectivity index (χ1n) is 9.53. The van der Waals surface area contributed by atoms with Gasteiger partial charge in [-0.3, -0.25) is 9.78 Å². The summed E-state index contributed by atoms with van der Waals surface area (Å²) in [4.78, 5) is 16.2. The number of aromatic nitrogens is 1. The first-order chi connectivity index (χ1) is 12.6. The van der Waals surface area contributed by atoms with Crippen molar-refractivity contribution in [3.63, 3.8) is 0 Å². The minimum absolute atomic E-state index is 0.0254. The number of carbonyl (C=O) groups excluding carboxylic acids is 1. The summed E-state index contributed by atoms with van der Waals surface area (Å²) in [5.41, 5.74) is 1.89. The predicted molar refractivity (Wildman–Crippen MR) is 103 cm³/mol. The van der Waals surface area contributed by atoms with Crippen LogP contribution in [-0.4, -0.2) is 23.5 Å². The van der Waals surface area contributed by atoms with Crippen molar-refractivity contribution in [1.29, 1.82) is 0 Å². The van der Waals surface area contributed by atoms with Crippen molar-refractivity contribution in [2.45, 2.75) is 45.6 Å². The summed E-state index contributed by atoms with van der Waals surface area (Å²) < 4.78 is 6.22. The SMILES string of the molecule is Cc1cccc(OC2CCCC(C(C)CNC(=O)c3ccncc3)C2)c1. The maximum absolute atomic E-state index is 12.2. The lowest BCUT2D eigenvalue weighted by molar-refractivity contribution is 0.0896. The molecule has 3 atom stereocenters. The van der Waals surface area contributed by atoms with E-state index in [1.807, 2.05) is 12.1 Å². The molecule has 26 heavy (non-hydrogen) atoms. The normalized spacial score (nSPS) is 21.0. The van der Waals surface area contributed by atoms with Crippen molar-refractivity contribution in [1.82, 2.24) is 10.3 Å². The van der Waals surface area contributed by atoms with Crippen LogP contribution in [0.4, 0.5) is 0 Å². The van der Waals surface area contributed by atoms with Crippen molar-refractivity contribution in [2.24, 2.45) is 11.8 Å². The van der Waals surface area contributed by atoms with Crippen molar-refractivity contribution in [2.75, 3.05) is 6.54 Å². The molecule has 1 amide bonds. The Kier molecular flexibility index (Phi) is 6.26. The van der Waals surface area contributed by atoms with E-state index in [-0.39, 0.29) is 12.0 Å². The molecule has 0 aliphatic heterocycles. The van der Waals surface area contributed by atoms with Crippen LogP contribution < -0.4 is 10.1 Å². The van der Waals surface area contributed by atoms with Crippen LogP contribution in [0.5, 0.6) is 5.75 Å². The molecule has 1 saturated carbocycles. The summed E-state index contributed by atoms with van der Waals surface area (Å²) >= 11 is 0. The Labute approximate surface area is 156 Å². The lowest BCUT2D eigenvalue weighted by Crippen LogP contribution is -2.35. The predicted octanol–water partition coefficient (Wildman–Crippen LogP) is 4.39. The largest absolute Gasteiger partial charge is 0.490 e. The van der Waals surface area contributed by atoms with Crippen molar-refractivity contribution in [3.8, 4) is 5.75 Å². The van der Waals surface area contributed by atoms with Gasteiger partial charge < -0.3 is 10.1 Å². The van der Waals surface area contributed by atoms with Gasteiger partial charge in [0.05, 0.1) is 6.10 Å². The number of amides is 1. The Morgan fingerprint density at radius 2 is 2.08 bits per heavy atom. The third-order valence-electron chi connectivity index (χ3n) is 5.29. The molecule has 1 aromatic heterocycles. The summed E-state index contributed by atoms with van der Waals surface area (Å²) in [6.45, 7) is 5.01. The van der Waals surface area contributed by atoms with E-state index < -0.39 is 0 Å². The van der Waals surface area contributed by atoms with Crippen LogP contribution >= 0.6 is 0 Å². The lowest BCUT2D eigenvalue weighted by Gasteiger charge is -2.33. The van der Waals surface area contributed by atoms with Gasteiger partial charge in [-0.25, -0.2) is 0 Å². The Bertz CT molecular complexity index is 717. The highest BCUT2D eigenvalue weighted by Gasteiger charge is 2.27. The minimum Gasteiger partial charge on any atom is -0.490 e. The molecule has 4 heteroatoms. The second-order valence-corrected chi connectivity index (χ2v) is 7.41. The molecular weight excluding hydrogens is 324 g/mol. The molecule has 0 saturated heterocycles. The number of ether oxygens (including phenoxy) is 1. The first kappa shape index (κ1) is 18.4. The first-order valence-corrected chi connectivity index (χ1v) is 9.53. The Balaban J connectivity index is 1.49. The van der Waals surface area contributed by atoms with Crippen LogP contribution in [0.15, 0.2) is 48.8 Å². The number of rotatable bonds is 6. The highest BCUT2D eigenvalue weighted by atomic mass is 16.5. The average Bonchev–Trinajstić information content (AvgIpc) is 2.67. The maximum Gasteiger partial charge on any atom is 0.251 e. The van der Waals surface area contributed by atoms with E-state index in [4.69, 9.17) is 4.74 Å². The van der Waals surface area contributed by atoms with E-state index in [9.17, 15) is 4.79 Å². The Morgan fingerprint density at radius 1 is 1.27 bits per heavy atom. The van der Waals surface area contributed by atoms with E-state index in [1.54, 1.807) is 24.5 Å². The summed E-state index contributed by atoms with van der Waals surface area (Å²) in [5, 5.41) is 3.06. The molecule has 3 rings (SSSR count). The fraction of sp³-hybridized carbons (Fsp3) is 0.455. The molecule has 1 aliphatic carbocycles. The Hall–Kier alpha value is -2.36. The topological polar surface area (TPSA) is 51.2 Å². The number of hydrogen-bond acceptors (Lipinski definition) is 3. The highest BCUT2D eigenvalue weighted by Crippen LogP contribution is 2.32. The third-order valence-corrected chi connectivity index (χ3v) is 5.29. The van der Waals surface area contributed by atoms with Crippen LogP contribution in [0.2, 0.25) is 0 Å². The van der Waals surface area contributed by atoms with Gasteiger partial charge in [0.1, 0.15) is 5.75 Å². The minimum atomic E-state index is -0.0254. The van der Waals surface area contributed by atoms with Crippen molar-refractivity contribution in [3.05, 3.63) is 59.9 Å². The molecule has 1 heterocycles. The quantitative estimate of drug-likeness (QED) is 0.839. The van der Waals surface area contributed by atoms with E-state index in [2.05, 4.69) is 36.3 Å². The van der Waals surface area contributed by atoms with Gasteiger partial charge in [-0.2, -0.15) is 0 Å². The molecule has 1 fully saturated rings. The van der Waals surface area contributed by atoms with Crippen LogP contribution in [0.3, 0.4) is 0 Å². The zero-order valence-electron chi connectivity index (χ0n) is 15.7. The molecule has 1 aliphatic rings. The maximum atomic E-state index is 12.2. The molecule has 0 radical (unpaired) electrons. The number of hydrogen-bond donors (Lipinski definition) is 1. The van der Waals surface area contributed by atoms with Gasteiger partial charge in [0.25, 0.3) is 5.91 Å². The van der Waals surface area contributed by atoms with Crippen LogP contribution in [0.25, 0.3) is 0 Å². The van der Waals surface area contributed by atoms with Gasteiger partial charge in [0.2, 0.25) is 0 Å². The Morgan fingerprint density at radius 3 is 2.85 bits per heavy atom. The zero-order chi connectivity index (χ0) is 18.4. The number of nitrogens with one attached hydrogen (secondary N) is 1. The lowest BCUT2D eigenvalue weighted by atomic mass is 9.79. The molecule has 0 bridgehead atoms. The molecule has 138 valence electrons. The van der Waals surface area contributed by atoms with Gasteiger partial charge in [-0.1, -0.05) is 19.1 Å². The number of aryl methyl sites for hydroxylation is 1. The molecular formula is C22H28N2O2. The number of nitrogens with zero attached hydrogens (tertiary/aromatic N) is 1. The van der Waals surface area contributed by atoms with Crippen molar-refractivity contribution < 1.29 is 9.53 Å². The standard InChI is InChI=1S/C22H28N2O2/c1-16-5-3-7-20(13-16)26-21-8-4-6-19(14-21)17(2)15-24-22(25)18-9-11-23-12-10-18/h3,5,7,9-13,17,19,21H,4,6,8,14-15H2,1-2H3,(H,24,25). The number of carbonyl (C=O) groups is 1. The van der Waals surface area contributed by atoms with Crippen LogP contribution in [-0.2, 0) is 0 Å². The second kappa shape index (κ2) is 8.84. The van der Waals surface area contributed by atoms with E-state index in [0.29, 0.717) is 23.9 Å². The van der Waals surface area contributed by atoms with Crippen LogP contribution in [0.1, 0.15) is 48.5 Å². The zero-order valence-corrected chi connectivity index (χ0v) is 15.7. The molecule has 3 unspecified atom stereocenters. The van der Waals surface area contributed by atoms with E-state index in [0.717, 1.165) is 18.6 Å². The van der Waals surface area contributed by atoms with Gasteiger partial charge in [0.15, 0.2) is 0 Å². The summed E-state index contributed by atoms with van der Waals surface area (Å²) in [5.74, 6) is 1.96. The molecule has 1 N–H and O–H groups in total.